The Morgan fingerprint density at radius 1 is 1.26 bits per heavy atom. The van der Waals surface area contributed by atoms with Crippen LogP contribution in [0.2, 0.25) is 0 Å². The summed E-state index contributed by atoms with van der Waals surface area (Å²) in [7, 11) is 0. The molecule has 7 heteroatoms. The summed E-state index contributed by atoms with van der Waals surface area (Å²) < 4.78 is 42.9. The standard InChI is InChI=1S/C15H15FN2O.CHF3/c1-2-10-7-14-11(8-12(10)16)13(17-15(19)18-14)6-5-9-3-4-9;2-1(3)4/h7-9,13H,2-4H2,1H3,(H2,17,18,19);1H. The highest BCUT2D eigenvalue weighted by atomic mass is 19.4. The van der Waals surface area contributed by atoms with Crippen LogP contribution in [0.3, 0.4) is 0 Å². The molecule has 1 unspecified atom stereocenters. The number of carbonyl (C=O) groups is 1. The molecule has 2 aliphatic rings. The number of amides is 2. The van der Waals surface area contributed by atoms with Crippen molar-refractivity contribution in [2.45, 2.75) is 38.9 Å². The van der Waals surface area contributed by atoms with E-state index in [2.05, 4.69) is 22.5 Å². The van der Waals surface area contributed by atoms with E-state index in [0.29, 0.717) is 29.2 Å². The number of anilines is 1. The SMILES string of the molecule is CCc1cc2c(cc1F)C(C#CC1CC1)NC(=O)N2.FC(F)F. The Morgan fingerprint density at radius 3 is 2.48 bits per heavy atom. The van der Waals surface area contributed by atoms with Gasteiger partial charge in [0.1, 0.15) is 11.9 Å². The average molecular weight is 328 g/mol. The zero-order chi connectivity index (χ0) is 17.0. The molecule has 0 radical (unpaired) electrons. The number of halogens is 4. The van der Waals surface area contributed by atoms with Crippen LogP contribution in [-0.4, -0.2) is 12.7 Å². The van der Waals surface area contributed by atoms with Crippen molar-refractivity contribution in [1.82, 2.24) is 5.32 Å². The molecule has 1 aliphatic carbocycles. The first-order valence-corrected chi connectivity index (χ1v) is 7.23. The number of carbonyl (C=O) groups excluding carboxylic acids is 1. The van der Waals surface area contributed by atoms with Crippen molar-refractivity contribution < 1.29 is 22.4 Å². The Hall–Kier alpha value is -2.23. The lowest BCUT2D eigenvalue weighted by atomic mass is 9.99. The van der Waals surface area contributed by atoms with Gasteiger partial charge in [0.15, 0.2) is 0 Å². The predicted molar refractivity (Wildman–Crippen MR) is 78.3 cm³/mol. The van der Waals surface area contributed by atoms with Crippen molar-refractivity contribution in [3.8, 4) is 11.8 Å². The normalized spacial score (nSPS) is 18.7. The first kappa shape index (κ1) is 17.1. The molecular weight excluding hydrogens is 312 g/mol. The molecule has 2 amide bonds. The minimum absolute atomic E-state index is 0.238. The van der Waals surface area contributed by atoms with Gasteiger partial charge in [0.2, 0.25) is 0 Å². The van der Waals surface area contributed by atoms with E-state index < -0.39 is 12.7 Å². The molecule has 1 aromatic carbocycles. The zero-order valence-corrected chi connectivity index (χ0v) is 12.4. The van der Waals surface area contributed by atoms with Crippen LogP contribution in [-0.2, 0) is 6.42 Å². The van der Waals surface area contributed by atoms with Gasteiger partial charge >= 0.3 is 12.7 Å². The Bertz CT molecular complexity index is 645. The quantitative estimate of drug-likeness (QED) is 0.590. The molecule has 2 N–H and O–H groups in total. The van der Waals surface area contributed by atoms with E-state index in [9.17, 15) is 22.4 Å². The zero-order valence-electron chi connectivity index (χ0n) is 12.4. The number of rotatable bonds is 1. The number of alkyl halides is 3. The van der Waals surface area contributed by atoms with Gasteiger partial charge in [0.05, 0.1) is 0 Å². The van der Waals surface area contributed by atoms with E-state index in [0.717, 1.165) is 12.8 Å². The number of benzene rings is 1. The lowest BCUT2D eigenvalue weighted by Crippen LogP contribution is -2.37. The fourth-order valence-electron chi connectivity index (χ4n) is 2.16. The Balaban J connectivity index is 0.000000433. The summed E-state index contributed by atoms with van der Waals surface area (Å²) in [6.07, 6.45) is 2.85. The van der Waals surface area contributed by atoms with Gasteiger partial charge in [-0.2, -0.15) is 13.2 Å². The summed E-state index contributed by atoms with van der Waals surface area (Å²) in [5.74, 6) is 6.38. The maximum absolute atomic E-state index is 13.9. The minimum Gasteiger partial charge on any atom is -0.320 e. The van der Waals surface area contributed by atoms with Crippen LogP contribution in [0.1, 0.15) is 36.9 Å². The molecule has 3 nitrogen and oxygen atoms in total. The Kier molecular flexibility index (Phi) is 5.48. The van der Waals surface area contributed by atoms with Crippen LogP contribution in [0, 0.1) is 23.6 Å². The minimum atomic E-state index is -3.67. The van der Waals surface area contributed by atoms with Crippen molar-refractivity contribution in [1.29, 1.82) is 0 Å². The van der Waals surface area contributed by atoms with E-state index >= 15 is 0 Å². The van der Waals surface area contributed by atoms with Crippen LogP contribution in [0.25, 0.3) is 0 Å². The number of nitrogens with one attached hydrogen (secondary N) is 2. The highest BCUT2D eigenvalue weighted by Gasteiger charge is 2.25. The second-order valence-corrected chi connectivity index (χ2v) is 5.23. The van der Waals surface area contributed by atoms with E-state index in [4.69, 9.17) is 0 Å². The maximum Gasteiger partial charge on any atom is 0.379 e. The molecule has 0 bridgehead atoms. The summed E-state index contributed by atoms with van der Waals surface area (Å²) in [6, 6.07) is 2.49. The second kappa shape index (κ2) is 7.36. The smallest absolute Gasteiger partial charge is 0.320 e. The summed E-state index contributed by atoms with van der Waals surface area (Å²) in [6.45, 7) is -1.78. The van der Waals surface area contributed by atoms with Gasteiger partial charge in [-0.25, -0.2) is 9.18 Å². The van der Waals surface area contributed by atoms with Gasteiger partial charge in [-0.3, -0.25) is 0 Å². The third-order valence-electron chi connectivity index (χ3n) is 3.44. The fraction of sp³-hybridized carbons (Fsp3) is 0.438. The third kappa shape index (κ3) is 4.88. The van der Waals surface area contributed by atoms with Crippen molar-refractivity contribution in [2.24, 2.45) is 5.92 Å². The summed E-state index contributed by atoms with van der Waals surface area (Å²) in [5, 5.41) is 5.44. The van der Waals surface area contributed by atoms with Crippen LogP contribution >= 0.6 is 0 Å². The van der Waals surface area contributed by atoms with Crippen molar-refractivity contribution in [3.63, 3.8) is 0 Å². The largest absolute Gasteiger partial charge is 0.379 e. The van der Waals surface area contributed by atoms with Gasteiger partial charge in [-0.05, 0) is 37.0 Å². The van der Waals surface area contributed by atoms with Crippen LogP contribution in [0.5, 0.6) is 0 Å². The van der Waals surface area contributed by atoms with Gasteiger partial charge < -0.3 is 10.6 Å². The number of hydrogen-bond donors (Lipinski definition) is 2. The molecule has 1 saturated carbocycles. The molecule has 124 valence electrons. The summed E-state index contributed by atoms with van der Waals surface area (Å²) >= 11 is 0. The second-order valence-electron chi connectivity index (χ2n) is 5.23. The number of fused-ring (bicyclic) bond motifs is 1. The lowest BCUT2D eigenvalue weighted by molar-refractivity contribution is 0.00819. The topological polar surface area (TPSA) is 41.1 Å². The highest BCUT2D eigenvalue weighted by molar-refractivity contribution is 5.93. The molecule has 23 heavy (non-hydrogen) atoms. The van der Waals surface area contributed by atoms with Gasteiger partial charge in [-0.15, -0.1) is 0 Å². The lowest BCUT2D eigenvalue weighted by Gasteiger charge is -2.24. The summed E-state index contributed by atoms with van der Waals surface area (Å²) in [4.78, 5) is 11.6. The molecule has 1 aliphatic heterocycles. The van der Waals surface area contributed by atoms with Crippen LogP contribution in [0.4, 0.5) is 28.0 Å². The Labute approximate surface area is 131 Å². The van der Waals surface area contributed by atoms with Crippen LogP contribution in [0.15, 0.2) is 12.1 Å². The van der Waals surface area contributed by atoms with Crippen LogP contribution < -0.4 is 10.6 Å². The highest BCUT2D eigenvalue weighted by Crippen LogP contribution is 2.31. The van der Waals surface area contributed by atoms with E-state index in [-0.39, 0.29) is 11.8 Å². The third-order valence-corrected chi connectivity index (χ3v) is 3.44. The molecule has 0 spiro atoms. The molecule has 1 fully saturated rings. The van der Waals surface area contributed by atoms with Gasteiger partial charge in [-0.1, -0.05) is 18.8 Å². The van der Waals surface area contributed by atoms with Crippen molar-refractivity contribution in [2.75, 3.05) is 5.32 Å². The van der Waals surface area contributed by atoms with Crippen molar-refractivity contribution >= 4 is 11.7 Å². The molecule has 0 saturated heterocycles. The molecule has 1 heterocycles. The molecule has 0 aromatic heterocycles. The fourth-order valence-corrected chi connectivity index (χ4v) is 2.16. The maximum atomic E-state index is 13.9. The predicted octanol–water partition coefficient (Wildman–Crippen LogP) is 4.16. The number of urea groups is 1. The van der Waals surface area contributed by atoms with E-state index in [1.165, 1.54) is 6.07 Å². The van der Waals surface area contributed by atoms with Gasteiger partial charge in [0.25, 0.3) is 0 Å². The van der Waals surface area contributed by atoms with Crippen molar-refractivity contribution in [3.05, 3.63) is 29.1 Å². The molecule has 1 aromatic rings. The molecule has 3 rings (SSSR count). The number of aryl methyl sites for hydroxylation is 1. The van der Waals surface area contributed by atoms with Gasteiger partial charge in [0, 0.05) is 17.2 Å². The number of hydrogen-bond acceptors (Lipinski definition) is 1. The van der Waals surface area contributed by atoms with E-state index in [1.54, 1.807) is 6.07 Å². The Morgan fingerprint density at radius 2 is 1.91 bits per heavy atom. The average Bonchev–Trinajstić information content (AvgIpc) is 3.28. The summed E-state index contributed by atoms with van der Waals surface area (Å²) in [5.41, 5.74) is 1.98. The first-order chi connectivity index (χ1) is 10.9. The van der Waals surface area contributed by atoms with E-state index in [1.807, 2.05) is 6.92 Å². The first-order valence-electron chi connectivity index (χ1n) is 7.23. The molecule has 1 atom stereocenters. The molecular formula is C16H16F4N2O. The monoisotopic (exact) mass is 328 g/mol.